The predicted octanol–water partition coefficient (Wildman–Crippen LogP) is 5.84. The largest absolute Gasteiger partial charge is 0.396 e. The third-order valence-electron chi connectivity index (χ3n) is 6.74. The maximum Gasteiger partial charge on any atom is 0.118 e. The number of benzene rings is 4. The summed E-state index contributed by atoms with van der Waals surface area (Å²) in [4.78, 5) is 2.45. The van der Waals surface area contributed by atoms with Gasteiger partial charge in [0.25, 0.3) is 0 Å². The fourth-order valence-electron chi connectivity index (χ4n) is 5.23. The van der Waals surface area contributed by atoms with Gasteiger partial charge in [-0.1, -0.05) is 128 Å². The number of aliphatic hydroxyl groups excluding tert-OH is 1. The van der Waals surface area contributed by atoms with Crippen LogP contribution in [0.3, 0.4) is 0 Å². The van der Waals surface area contributed by atoms with E-state index in [-0.39, 0.29) is 12.5 Å². The molecule has 0 radical (unpaired) electrons. The lowest BCUT2D eigenvalue weighted by molar-refractivity contribution is 0.172. The van der Waals surface area contributed by atoms with Crippen molar-refractivity contribution in [3.8, 4) is 0 Å². The van der Waals surface area contributed by atoms with Crippen LogP contribution in [0.1, 0.15) is 29.2 Å². The zero-order valence-corrected chi connectivity index (χ0v) is 19.4. The van der Waals surface area contributed by atoms with E-state index in [2.05, 4.69) is 132 Å². The van der Waals surface area contributed by atoms with Crippen molar-refractivity contribution >= 4 is 5.70 Å². The molecule has 1 heterocycles. The van der Waals surface area contributed by atoms with Crippen LogP contribution in [0.4, 0.5) is 0 Å². The quantitative estimate of drug-likeness (QED) is 0.350. The average molecular weight is 447 g/mol. The molecule has 0 amide bonds. The van der Waals surface area contributed by atoms with Crippen LogP contribution in [-0.2, 0) is 5.54 Å². The molecule has 3 heteroatoms. The van der Waals surface area contributed by atoms with Crippen LogP contribution in [0.2, 0.25) is 0 Å². The molecule has 1 unspecified atom stereocenters. The smallest absolute Gasteiger partial charge is 0.118 e. The number of nitrogens with one attached hydrogen (secondary N) is 1. The molecule has 4 aromatic rings. The van der Waals surface area contributed by atoms with E-state index in [9.17, 15) is 5.11 Å². The van der Waals surface area contributed by atoms with E-state index in [1.165, 1.54) is 16.7 Å². The average Bonchev–Trinajstić information content (AvgIpc) is 3.36. The topological polar surface area (TPSA) is 35.5 Å². The van der Waals surface area contributed by atoms with Gasteiger partial charge in [0.1, 0.15) is 5.54 Å². The number of hydrogen-bond acceptors (Lipinski definition) is 3. The molecule has 170 valence electrons. The second-order valence-electron chi connectivity index (χ2n) is 8.78. The monoisotopic (exact) mass is 446 g/mol. The number of hydrogen-bond donors (Lipinski definition) is 2. The van der Waals surface area contributed by atoms with E-state index >= 15 is 0 Å². The lowest BCUT2D eigenvalue weighted by Gasteiger charge is -2.46. The van der Waals surface area contributed by atoms with E-state index in [1.807, 2.05) is 6.07 Å². The van der Waals surface area contributed by atoms with Crippen LogP contribution in [0, 0.1) is 5.92 Å². The highest BCUT2D eigenvalue weighted by atomic mass is 16.3. The minimum atomic E-state index is -0.577. The lowest BCUT2D eigenvalue weighted by Crippen LogP contribution is -2.48. The van der Waals surface area contributed by atoms with Gasteiger partial charge in [-0.2, -0.15) is 0 Å². The molecule has 5 rings (SSSR count). The van der Waals surface area contributed by atoms with Gasteiger partial charge in [0.2, 0.25) is 0 Å². The molecule has 2 N–H and O–H groups in total. The van der Waals surface area contributed by atoms with Crippen molar-refractivity contribution in [1.82, 2.24) is 10.2 Å². The van der Waals surface area contributed by atoms with Gasteiger partial charge < -0.3 is 15.3 Å². The van der Waals surface area contributed by atoms with Crippen molar-refractivity contribution in [1.29, 1.82) is 0 Å². The summed E-state index contributed by atoms with van der Waals surface area (Å²) in [6, 6.07) is 42.5. The second kappa shape index (κ2) is 9.58. The Hall–Kier alpha value is -3.82. The van der Waals surface area contributed by atoms with E-state index in [0.29, 0.717) is 6.67 Å². The summed E-state index contributed by atoms with van der Waals surface area (Å²) in [5.74, 6) is -0.0549. The van der Waals surface area contributed by atoms with E-state index in [0.717, 1.165) is 17.0 Å². The highest BCUT2D eigenvalue weighted by Gasteiger charge is 2.46. The summed E-state index contributed by atoms with van der Waals surface area (Å²) in [7, 11) is 0. The zero-order valence-electron chi connectivity index (χ0n) is 19.4. The molecular formula is C31H30N2O. The van der Waals surface area contributed by atoms with E-state index < -0.39 is 5.54 Å². The SMILES string of the molecule is CC(CO)C1=C(c2ccccc2)NCN1C(c1ccccc1)(c1ccccc1)c1ccccc1. The highest BCUT2D eigenvalue weighted by molar-refractivity contribution is 5.70. The maximum atomic E-state index is 10.4. The first-order valence-electron chi connectivity index (χ1n) is 11.9. The molecule has 4 aromatic carbocycles. The molecule has 34 heavy (non-hydrogen) atoms. The molecule has 1 atom stereocenters. The highest BCUT2D eigenvalue weighted by Crippen LogP contribution is 2.47. The minimum absolute atomic E-state index is 0.0549. The Balaban J connectivity index is 1.85. The van der Waals surface area contributed by atoms with Crippen LogP contribution in [0.25, 0.3) is 5.70 Å². The van der Waals surface area contributed by atoms with Gasteiger partial charge in [-0.25, -0.2) is 0 Å². The number of rotatable bonds is 7. The van der Waals surface area contributed by atoms with Crippen LogP contribution >= 0.6 is 0 Å². The number of nitrogens with zero attached hydrogens (tertiary/aromatic N) is 1. The minimum Gasteiger partial charge on any atom is -0.396 e. The van der Waals surface area contributed by atoms with Crippen LogP contribution in [-0.4, -0.2) is 23.3 Å². The third kappa shape index (κ3) is 3.68. The predicted molar refractivity (Wildman–Crippen MR) is 139 cm³/mol. The molecular weight excluding hydrogens is 416 g/mol. The standard InChI is InChI=1S/C31H30N2O/c1-24(22-34)30-29(25-14-6-2-7-15-25)32-23-33(30)31(26-16-8-3-9-17-26,27-18-10-4-11-19-27)28-20-12-5-13-21-28/h2-21,24,32,34H,22-23H2,1H3. The maximum absolute atomic E-state index is 10.4. The lowest BCUT2D eigenvalue weighted by atomic mass is 9.75. The summed E-state index contributed by atoms with van der Waals surface area (Å²) in [5, 5.41) is 14.1. The van der Waals surface area contributed by atoms with Gasteiger partial charge >= 0.3 is 0 Å². The Bertz CT molecular complexity index is 1140. The normalized spacial score (nSPS) is 14.7. The second-order valence-corrected chi connectivity index (χ2v) is 8.78. The Morgan fingerprint density at radius 1 is 0.706 bits per heavy atom. The molecule has 1 aliphatic heterocycles. The Morgan fingerprint density at radius 3 is 1.53 bits per heavy atom. The number of aliphatic hydroxyl groups is 1. The molecule has 0 spiro atoms. The third-order valence-corrected chi connectivity index (χ3v) is 6.74. The van der Waals surface area contributed by atoms with E-state index in [4.69, 9.17) is 0 Å². The van der Waals surface area contributed by atoms with Gasteiger partial charge in [-0.05, 0) is 22.3 Å². The summed E-state index contributed by atoms with van der Waals surface area (Å²) in [6.07, 6.45) is 0. The van der Waals surface area contributed by atoms with Crippen LogP contribution < -0.4 is 5.32 Å². The summed E-state index contributed by atoms with van der Waals surface area (Å²) in [5.41, 5.74) is 6.30. The fraction of sp³-hybridized carbons (Fsp3) is 0.161. The van der Waals surface area contributed by atoms with Gasteiger partial charge in [-0.3, -0.25) is 0 Å². The van der Waals surface area contributed by atoms with Crippen molar-refractivity contribution in [2.24, 2.45) is 5.92 Å². The van der Waals surface area contributed by atoms with Crippen molar-refractivity contribution in [3.05, 3.63) is 149 Å². The molecule has 0 saturated carbocycles. The van der Waals surface area contributed by atoms with Crippen molar-refractivity contribution < 1.29 is 5.11 Å². The molecule has 0 bridgehead atoms. The molecule has 0 aromatic heterocycles. The molecule has 0 aliphatic carbocycles. The van der Waals surface area contributed by atoms with Crippen molar-refractivity contribution in [2.75, 3.05) is 13.3 Å². The summed E-state index contributed by atoms with van der Waals surface area (Å²) < 4.78 is 0. The zero-order chi connectivity index (χ0) is 23.4. The molecule has 0 fully saturated rings. The first-order valence-corrected chi connectivity index (χ1v) is 11.9. The Morgan fingerprint density at radius 2 is 1.12 bits per heavy atom. The van der Waals surface area contributed by atoms with Gasteiger partial charge in [0.05, 0.1) is 19.0 Å². The Labute approximate surface area is 202 Å². The summed E-state index contributed by atoms with van der Waals surface area (Å²) >= 11 is 0. The Kier molecular flexibility index (Phi) is 6.20. The van der Waals surface area contributed by atoms with Crippen molar-refractivity contribution in [2.45, 2.75) is 12.5 Å². The first kappa shape index (κ1) is 22.0. The van der Waals surface area contributed by atoms with Crippen molar-refractivity contribution in [3.63, 3.8) is 0 Å². The molecule has 1 aliphatic rings. The van der Waals surface area contributed by atoms with Gasteiger partial charge in [0.15, 0.2) is 0 Å². The molecule has 3 nitrogen and oxygen atoms in total. The molecule has 0 saturated heterocycles. The van der Waals surface area contributed by atoms with Gasteiger partial charge in [-0.15, -0.1) is 0 Å². The van der Waals surface area contributed by atoms with Crippen LogP contribution in [0.15, 0.2) is 127 Å². The van der Waals surface area contributed by atoms with Crippen LogP contribution in [0.5, 0.6) is 0 Å². The summed E-state index contributed by atoms with van der Waals surface area (Å²) in [6.45, 7) is 2.80. The van der Waals surface area contributed by atoms with E-state index in [1.54, 1.807) is 0 Å². The first-order chi connectivity index (χ1) is 16.8. The van der Waals surface area contributed by atoms with Gasteiger partial charge in [0, 0.05) is 11.6 Å². The fourth-order valence-corrected chi connectivity index (χ4v) is 5.23.